The smallest absolute Gasteiger partial charge is 0.416 e. The lowest BCUT2D eigenvalue weighted by molar-refractivity contribution is 0.0159. The fourth-order valence-electron chi connectivity index (χ4n) is 17.7. The summed E-state index contributed by atoms with van der Waals surface area (Å²) in [6, 6.07) is 10.1. The standard InChI is InChI=1S/C37H50F2N8O6.C27H34F2N8O2.C19H31F2N5O2.C18H21N3O5/c1-36(2,3)52-34(49)45-15-11-23(12-16-45)10-14-44-19-26(20-44)47-21-27(30(43-47)31(38)39)41-32(48)28-22-51-33(42-28)25-9-13-40-29(17-25)46(18-24-7-8-24)35(50)53-37(4,5)6;28-25(29)24-21(15-37(35-24)20-13-36(14-20)10-6-17-3-7-30-8-4-17)33-26(38)22-16-39-27(34-22)19-5-9-31-23(11-19)32-12-18-1-2-18;1-19(2,3)28-18(27)25-8-5-13(6-9-25)4-7-24-10-14(11-24)26-12-15(22)16(23-26)17(20)21;1-18(2,3)26-17(24)21(9-11-4-5-11)14-8-12(6-7-19-14)15-20-13(10-25-15)16(22)23/h9,13,17,21-24,26,31H,7-8,10-12,14-16,18-20H2,1-6H3,(H,41,48);5,9,11,15-18,20,25,30H,1-4,6-8,10,12-14H2,(H,31,32)(H,33,38);12-14,17H,4-11,22H2,1-3H3;6-8,10-11H,4-5,9H2,1-3H3,(H,22,23). The van der Waals surface area contributed by atoms with Gasteiger partial charge in [0.05, 0.1) is 35.2 Å². The Morgan fingerprint density at radius 1 is 0.452 bits per heavy atom. The van der Waals surface area contributed by atoms with Crippen LogP contribution in [0.2, 0.25) is 0 Å². The van der Waals surface area contributed by atoms with Gasteiger partial charge in [0, 0.05) is 139 Å². The Labute approximate surface area is 843 Å². The zero-order valence-corrected chi connectivity index (χ0v) is 84.9. The van der Waals surface area contributed by atoms with E-state index in [9.17, 15) is 59.9 Å². The van der Waals surface area contributed by atoms with E-state index in [1.165, 1.54) is 77.4 Å². The quantitative estimate of drug-likeness (QED) is 0.0168. The fraction of sp³-hybridized carbons (Fsp3) is 0.604. The summed E-state index contributed by atoms with van der Waals surface area (Å²) in [4.78, 5) is 126. The number of likely N-dealkylation sites (tertiary alicyclic amines) is 5. The molecule has 0 atom stereocenters. The Morgan fingerprint density at radius 2 is 0.801 bits per heavy atom. The number of nitrogen functional groups attached to an aromatic ring is 1. The molecule has 6 amide bonds. The molecule has 18 rings (SSSR count). The number of carboxylic acids is 1. The van der Waals surface area contributed by atoms with Gasteiger partial charge in [0.1, 0.15) is 58.6 Å². The first-order valence-electron chi connectivity index (χ1n) is 50.4. The minimum atomic E-state index is -2.90. The summed E-state index contributed by atoms with van der Waals surface area (Å²) in [5.74, 6) is 2.81. The number of carbonyl (C=O) groups excluding carboxylic acids is 6. The number of alkyl halides is 6. The number of hydrogen-bond donors (Lipinski definition) is 6. The van der Waals surface area contributed by atoms with Crippen LogP contribution >= 0.6 is 0 Å². The lowest BCUT2D eigenvalue weighted by Gasteiger charge is -2.40. The van der Waals surface area contributed by atoms with Gasteiger partial charge in [-0.25, -0.2) is 80.2 Å². The van der Waals surface area contributed by atoms with Crippen molar-refractivity contribution in [1.29, 1.82) is 0 Å². The number of ether oxygens (including phenoxy) is 4. The number of rotatable bonds is 32. The number of carbonyl (C=O) groups is 7. The third-order valence-corrected chi connectivity index (χ3v) is 26.4. The van der Waals surface area contributed by atoms with Crippen molar-refractivity contribution >= 4 is 76.7 Å². The average molecular weight is 2040 g/mol. The van der Waals surface area contributed by atoms with Crippen LogP contribution in [0.15, 0.2) is 106 Å². The third kappa shape index (κ3) is 30.7. The SMILES string of the molecule is CC(C)(C)OC(=O)N(CC1CC1)c1cc(-c2nc(C(=O)O)co2)ccn1.CC(C)(C)OC(=O)N1CCC(CCN2CC(n3cc(N)c(C(F)F)n3)C2)CC1.CC(C)(C)OC(=O)N1CCC(CCN2CC(n3cc(NC(=O)c4coc(-c5ccnc(N(CC6CC6)C(=O)OC(C)(C)C)c5)n4)c(C(F)F)n3)C2)CC1.O=C(Nc1cn(C2CN(CCC3CCNCC3)C2)nc1C(F)F)c1coc(-c2ccnc(NCC3CC3)c2)n1. The Kier molecular flexibility index (Phi) is 34.6. The summed E-state index contributed by atoms with van der Waals surface area (Å²) in [5, 5.41) is 32.9. The van der Waals surface area contributed by atoms with Gasteiger partial charge in [0.2, 0.25) is 17.7 Å². The summed E-state index contributed by atoms with van der Waals surface area (Å²) >= 11 is 0. The van der Waals surface area contributed by atoms with E-state index in [-0.39, 0.29) is 87.8 Å². The van der Waals surface area contributed by atoms with Crippen LogP contribution in [0.3, 0.4) is 0 Å². The van der Waals surface area contributed by atoms with Gasteiger partial charge in [-0.2, -0.15) is 15.3 Å². The van der Waals surface area contributed by atoms with Crippen molar-refractivity contribution in [2.24, 2.45) is 35.5 Å². The molecule has 7 N–H and O–H groups in total. The number of piperidine rings is 3. The highest BCUT2D eigenvalue weighted by Gasteiger charge is 2.41. The van der Waals surface area contributed by atoms with Gasteiger partial charge in [0.15, 0.2) is 34.2 Å². The molecule has 9 fully saturated rings. The van der Waals surface area contributed by atoms with Crippen LogP contribution in [-0.2, 0) is 18.9 Å². The number of aromatic carboxylic acids is 1. The Morgan fingerprint density at radius 3 is 1.16 bits per heavy atom. The average Bonchev–Trinajstić information content (AvgIpc) is 1.65. The zero-order valence-electron chi connectivity index (χ0n) is 84.9. The van der Waals surface area contributed by atoms with Gasteiger partial charge in [-0.1, -0.05) is 0 Å². The van der Waals surface area contributed by atoms with Gasteiger partial charge in [0.25, 0.3) is 31.1 Å². The molecule has 9 aromatic rings. The number of aromatic nitrogens is 12. The number of carboxylic acid groups (broad SMARTS) is 1. The second kappa shape index (κ2) is 46.9. The Hall–Kier alpha value is -12.8. The van der Waals surface area contributed by atoms with Crippen LogP contribution in [0.5, 0.6) is 0 Å². The molecule has 6 aliphatic heterocycles. The van der Waals surface area contributed by atoms with Crippen molar-refractivity contribution in [2.45, 2.75) is 239 Å². The highest BCUT2D eigenvalue weighted by molar-refractivity contribution is 6.04. The third-order valence-electron chi connectivity index (χ3n) is 26.4. The number of nitrogens with zero attached hydrogens (tertiary/aromatic N) is 19. The molecule has 792 valence electrons. The van der Waals surface area contributed by atoms with E-state index in [0.29, 0.717) is 103 Å². The molecular formula is C101H136F6N24O15. The van der Waals surface area contributed by atoms with Gasteiger partial charge >= 0.3 is 30.3 Å². The van der Waals surface area contributed by atoms with Crippen molar-refractivity contribution in [1.82, 2.24) is 89.1 Å². The maximum absolute atomic E-state index is 14.1. The molecule has 3 saturated carbocycles. The van der Waals surface area contributed by atoms with Gasteiger partial charge in [-0.3, -0.25) is 48.1 Å². The first-order valence-corrected chi connectivity index (χ1v) is 50.4. The fourth-order valence-corrected chi connectivity index (χ4v) is 17.7. The molecule has 6 saturated heterocycles. The van der Waals surface area contributed by atoms with Crippen molar-refractivity contribution in [3.63, 3.8) is 0 Å². The van der Waals surface area contributed by atoms with Crippen LogP contribution < -0.4 is 36.8 Å². The molecule has 0 aromatic carbocycles. The van der Waals surface area contributed by atoms with Crippen molar-refractivity contribution in [3.05, 3.63) is 127 Å². The number of nitrogens with one attached hydrogen (secondary N) is 4. The molecule has 9 aliphatic rings. The summed E-state index contributed by atoms with van der Waals surface area (Å²) in [7, 11) is 0. The maximum Gasteiger partial charge on any atom is 0.416 e. The molecule has 45 heteroatoms. The lowest BCUT2D eigenvalue weighted by atomic mass is 9.93. The normalized spacial score (nSPS) is 17.7. The van der Waals surface area contributed by atoms with E-state index in [4.69, 9.17) is 43.0 Å². The topological polar surface area (TPSA) is 444 Å². The molecular weight excluding hydrogens is 1900 g/mol. The van der Waals surface area contributed by atoms with E-state index < -0.39 is 83.0 Å². The van der Waals surface area contributed by atoms with Gasteiger partial charge in [-0.15, -0.1) is 0 Å². The van der Waals surface area contributed by atoms with Crippen molar-refractivity contribution in [3.8, 4) is 34.4 Å². The van der Waals surface area contributed by atoms with Gasteiger partial charge in [-0.05, 0) is 284 Å². The predicted octanol–water partition coefficient (Wildman–Crippen LogP) is 18.2. The summed E-state index contributed by atoms with van der Waals surface area (Å²) in [6.07, 6.45) is 18.9. The molecule has 39 nitrogen and oxygen atoms in total. The van der Waals surface area contributed by atoms with E-state index >= 15 is 0 Å². The second-order valence-corrected chi connectivity index (χ2v) is 43.2. The summed E-state index contributed by atoms with van der Waals surface area (Å²) < 4.78 is 124. The first-order chi connectivity index (χ1) is 69.4. The molecule has 0 spiro atoms. The van der Waals surface area contributed by atoms with Crippen LogP contribution in [0, 0.1) is 35.5 Å². The lowest BCUT2D eigenvalue weighted by Crippen LogP contribution is -2.49. The highest BCUT2D eigenvalue weighted by atomic mass is 19.3. The molecule has 0 radical (unpaired) electrons. The predicted molar refractivity (Wildman–Crippen MR) is 529 cm³/mol. The number of halogens is 6. The van der Waals surface area contributed by atoms with E-state index in [0.717, 1.165) is 168 Å². The Bertz CT molecular complexity index is 5910. The minimum Gasteiger partial charge on any atom is -0.476 e. The number of hydrogen-bond acceptors (Lipinski definition) is 29. The number of amides is 6. The molecule has 146 heavy (non-hydrogen) atoms. The minimum absolute atomic E-state index is 0.00463. The monoisotopic (exact) mass is 2040 g/mol. The largest absolute Gasteiger partial charge is 0.476 e. The number of nitrogens with two attached hydrogens (primary N) is 1. The van der Waals surface area contributed by atoms with Crippen LogP contribution in [0.4, 0.5) is 80.0 Å². The number of anilines is 6. The zero-order chi connectivity index (χ0) is 104. The summed E-state index contributed by atoms with van der Waals surface area (Å²) in [5.41, 5.74) is 3.36. The molecule has 15 heterocycles. The van der Waals surface area contributed by atoms with Crippen molar-refractivity contribution in [2.75, 3.05) is 149 Å². The van der Waals surface area contributed by atoms with Crippen LogP contribution in [0.25, 0.3) is 34.4 Å². The molecule has 9 aromatic heterocycles. The van der Waals surface area contributed by atoms with E-state index in [1.54, 1.807) is 76.5 Å². The van der Waals surface area contributed by atoms with E-state index in [1.807, 2.05) is 68.4 Å². The maximum atomic E-state index is 14.1. The molecule has 3 aliphatic carbocycles. The highest BCUT2D eigenvalue weighted by Crippen LogP contribution is 2.40. The molecule has 0 unspecified atom stereocenters. The summed E-state index contributed by atoms with van der Waals surface area (Å²) in [6.45, 7) is 36.2. The Balaban J connectivity index is 0.000000152. The van der Waals surface area contributed by atoms with Gasteiger partial charge < -0.3 is 74.1 Å². The van der Waals surface area contributed by atoms with E-state index in [2.05, 4.69) is 81.2 Å². The van der Waals surface area contributed by atoms with Crippen molar-refractivity contribution < 1.29 is 97.2 Å². The van der Waals surface area contributed by atoms with Crippen LogP contribution in [-0.4, -0.2) is 271 Å². The second-order valence-electron chi connectivity index (χ2n) is 43.2. The van der Waals surface area contributed by atoms with Crippen LogP contribution in [0.1, 0.15) is 265 Å². The molecule has 0 bridgehead atoms. The number of pyridine rings is 3. The number of oxazole rings is 3. The first kappa shape index (κ1) is 107.